The topological polar surface area (TPSA) is 44.8 Å². The lowest BCUT2D eigenvalue weighted by Crippen LogP contribution is -2.60. The summed E-state index contributed by atoms with van der Waals surface area (Å²) in [5.74, 6) is 0. The van der Waals surface area contributed by atoms with Crippen molar-refractivity contribution in [3.05, 3.63) is 0 Å². The fourth-order valence-electron chi connectivity index (χ4n) is 2.15. The smallest absolute Gasteiger partial charge is 0.164 e. The highest BCUT2D eigenvalue weighted by molar-refractivity contribution is 7.25. The molecule has 5 heteroatoms. The van der Waals surface area contributed by atoms with E-state index in [9.17, 15) is 4.57 Å². The van der Waals surface area contributed by atoms with Crippen molar-refractivity contribution in [2.75, 3.05) is 0 Å². The van der Waals surface area contributed by atoms with E-state index < -0.39 is 0 Å². The van der Waals surface area contributed by atoms with Crippen LogP contribution >= 0.6 is 8.46 Å². The van der Waals surface area contributed by atoms with Crippen LogP contribution in [0.4, 0.5) is 0 Å². The summed E-state index contributed by atoms with van der Waals surface area (Å²) in [6.45, 7) is 0. The molecule has 4 heterocycles. The van der Waals surface area contributed by atoms with Gasteiger partial charge < -0.3 is 14.2 Å². The Morgan fingerprint density at radius 3 is 2.08 bits per heavy atom. The second-order valence-corrected chi connectivity index (χ2v) is 4.22. The van der Waals surface area contributed by atoms with Crippen molar-refractivity contribution in [1.82, 2.24) is 0 Å². The fraction of sp³-hybridized carbons (Fsp3) is 1.00. The minimum atomic E-state index is -0.106. The van der Waals surface area contributed by atoms with E-state index in [1.807, 2.05) is 0 Å². The quantitative estimate of drug-likeness (QED) is 0.573. The predicted molar refractivity (Wildman–Crippen MR) is 39.0 cm³/mol. The molecule has 4 saturated heterocycles. The van der Waals surface area contributed by atoms with E-state index in [1.165, 1.54) is 0 Å². The van der Waals surface area contributed by atoms with Gasteiger partial charge in [0, 0.05) is 12.8 Å². The molecule has 4 aliphatic rings. The monoisotopic (exact) mass is 188 g/mol. The number of rotatable bonds is 1. The summed E-state index contributed by atoms with van der Waals surface area (Å²) in [7, 11) is 0.143. The summed E-state index contributed by atoms with van der Waals surface area (Å²) < 4.78 is 27.2. The van der Waals surface area contributed by atoms with Gasteiger partial charge in [-0.2, -0.15) is 0 Å². The molecule has 0 aromatic heterocycles. The molecular weight excluding hydrogens is 179 g/mol. The molecule has 4 atom stereocenters. The van der Waals surface area contributed by atoms with E-state index in [-0.39, 0.29) is 38.9 Å². The molecule has 0 amide bonds. The van der Waals surface area contributed by atoms with Crippen LogP contribution in [0.1, 0.15) is 12.8 Å². The summed E-state index contributed by atoms with van der Waals surface area (Å²) >= 11 is 0. The molecule has 0 aromatic rings. The molecule has 0 radical (unpaired) electrons. The third kappa shape index (κ3) is 0.895. The standard InChI is InChI=1S/C7H9O4P/c8-12-7-3-1-5-10-4(7)2-6(9-3)11-5/h3-7H,1-2H2. The van der Waals surface area contributed by atoms with E-state index in [0.717, 1.165) is 12.8 Å². The van der Waals surface area contributed by atoms with Gasteiger partial charge in [0.25, 0.3) is 0 Å². The third-order valence-corrected chi connectivity index (χ3v) is 3.60. The molecule has 4 rings (SSSR count). The van der Waals surface area contributed by atoms with Crippen LogP contribution < -0.4 is 0 Å². The molecule has 4 aliphatic heterocycles. The molecule has 66 valence electrons. The first-order chi connectivity index (χ1) is 5.86. The third-order valence-electron chi connectivity index (χ3n) is 2.69. The maximum atomic E-state index is 10.8. The minimum absolute atomic E-state index is 0.0291. The van der Waals surface area contributed by atoms with Gasteiger partial charge in [-0.25, -0.2) is 0 Å². The molecule has 12 heavy (non-hydrogen) atoms. The van der Waals surface area contributed by atoms with E-state index in [0.29, 0.717) is 0 Å². The zero-order valence-electron chi connectivity index (χ0n) is 6.38. The van der Waals surface area contributed by atoms with Crippen LogP contribution in [0.25, 0.3) is 0 Å². The highest BCUT2D eigenvalue weighted by Crippen LogP contribution is 2.43. The van der Waals surface area contributed by atoms with Gasteiger partial charge in [0.1, 0.15) is 0 Å². The van der Waals surface area contributed by atoms with E-state index in [4.69, 9.17) is 14.2 Å². The van der Waals surface area contributed by atoms with Crippen molar-refractivity contribution in [3.8, 4) is 0 Å². The van der Waals surface area contributed by atoms with Crippen LogP contribution in [0.5, 0.6) is 0 Å². The summed E-state index contributed by atoms with van der Waals surface area (Å²) in [5.41, 5.74) is 0.0291. The first-order valence-corrected chi connectivity index (χ1v) is 5.04. The Morgan fingerprint density at radius 2 is 1.58 bits per heavy atom. The highest BCUT2D eigenvalue weighted by atomic mass is 31.1. The predicted octanol–water partition coefficient (Wildman–Crippen LogP) is 0.907. The van der Waals surface area contributed by atoms with Crippen molar-refractivity contribution >= 4 is 8.46 Å². The number of hydrogen-bond acceptors (Lipinski definition) is 4. The first kappa shape index (κ1) is 7.39. The van der Waals surface area contributed by atoms with Gasteiger partial charge in [0.15, 0.2) is 21.0 Å². The Hall–Kier alpha value is -0.0200. The number of hydrogen-bond donors (Lipinski definition) is 0. The second kappa shape index (κ2) is 2.48. The molecule has 4 nitrogen and oxygen atoms in total. The van der Waals surface area contributed by atoms with Crippen molar-refractivity contribution < 1.29 is 18.8 Å². The van der Waals surface area contributed by atoms with E-state index >= 15 is 0 Å². The van der Waals surface area contributed by atoms with Crippen molar-refractivity contribution in [2.45, 2.75) is 43.3 Å². The van der Waals surface area contributed by atoms with Gasteiger partial charge in [0.2, 0.25) is 0 Å². The number of ether oxygens (including phenoxy) is 3. The largest absolute Gasteiger partial charge is 0.348 e. The summed E-state index contributed by atoms with van der Waals surface area (Å²) in [5, 5.41) is 0. The molecule has 0 aromatic carbocycles. The molecule has 4 unspecified atom stereocenters. The van der Waals surface area contributed by atoms with Crippen molar-refractivity contribution in [2.24, 2.45) is 0 Å². The molecule has 4 bridgehead atoms. The Bertz CT molecular complexity index is 191. The van der Waals surface area contributed by atoms with E-state index in [1.54, 1.807) is 0 Å². The molecule has 0 N–H and O–H groups in total. The molecule has 0 saturated carbocycles. The minimum Gasteiger partial charge on any atom is -0.348 e. The van der Waals surface area contributed by atoms with Crippen LogP contribution in [0.3, 0.4) is 0 Å². The van der Waals surface area contributed by atoms with Gasteiger partial charge in [-0.3, -0.25) is 4.57 Å². The summed E-state index contributed by atoms with van der Waals surface area (Å²) in [4.78, 5) is 0. The highest BCUT2D eigenvalue weighted by Gasteiger charge is 2.51. The van der Waals surface area contributed by atoms with Gasteiger partial charge in [-0.15, -0.1) is 0 Å². The average Bonchev–Trinajstić information content (AvgIpc) is 2.02. The molecule has 0 spiro atoms. The Balaban J connectivity index is 1.90. The van der Waals surface area contributed by atoms with Crippen LogP contribution in [-0.4, -0.2) is 30.4 Å². The summed E-state index contributed by atoms with van der Waals surface area (Å²) in [6.07, 6.45) is 1.41. The van der Waals surface area contributed by atoms with Crippen LogP contribution in [-0.2, 0) is 18.8 Å². The molecular formula is C7H9O4P. The second-order valence-electron chi connectivity index (χ2n) is 3.41. The lowest BCUT2D eigenvalue weighted by molar-refractivity contribution is -0.387. The maximum Gasteiger partial charge on any atom is 0.164 e. The van der Waals surface area contributed by atoms with Crippen LogP contribution in [0, 0.1) is 0 Å². The SMILES string of the molecule is O=PC1C2CC3OC(CC1O3)O2. The Kier molecular flexibility index (Phi) is 1.53. The fourth-order valence-corrected chi connectivity index (χ4v) is 2.81. The zero-order valence-corrected chi connectivity index (χ0v) is 7.28. The van der Waals surface area contributed by atoms with Gasteiger partial charge in [-0.1, -0.05) is 0 Å². The van der Waals surface area contributed by atoms with Crippen molar-refractivity contribution in [1.29, 1.82) is 0 Å². The van der Waals surface area contributed by atoms with Crippen LogP contribution in [0.2, 0.25) is 0 Å². The van der Waals surface area contributed by atoms with Gasteiger partial charge >= 0.3 is 0 Å². The van der Waals surface area contributed by atoms with E-state index in [2.05, 4.69) is 0 Å². The molecule has 0 aliphatic carbocycles. The lowest BCUT2D eigenvalue weighted by Gasteiger charge is -2.51. The zero-order chi connectivity index (χ0) is 8.13. The maximum absolute atomic E-state index is 10.8. The van der Waals surface area contributed by atoms with Crippen LogP contribution in [0.15, 0.2) is 0 Å². The van der Waals surface area contributed by atoms with Crippen molar-refractivity contribution in [3.63, 3.8) is 0 Å². The molecule has 4 fully saturated rings. The van der Waals surface area contributed by atoms with Gasteiger partial charge in [0.05, 0.1) is 17.9 Å². The Morgan fingerprint density at radius 1 is 1.00 bits per heavy atom. The summed E-state index contributed by atoms with van der Waals surface area (Å²) in [6, 6.07) is 0. The normalized spacial score (nSPS) is 56.5. The Labute approximate surface area is 71.4 Å². The lowest BCUT2D eigenvalue weighted by atomic mass is 9.96. The van der Waals surface area contributed by atoms with Gasteiger partial charge in [-0.05, 0) is 0 Å². The average molecular weight is 188 g/mol. The first-order valence-electron chi connectivity index (χ1n) is 4.15.